The van der Waals surface area contributed by atoms with Crippen molar-refractivity contribution in [1.82, 2.24) is 15.1 Å². The van der Waals surface area contributed by atoms with Crippen molar-refractivity contribution in [2.24, 2.45) is 5.92 Å². The molecule has 0 radical (unpaired) electrons. The monoisotopic (exact) mass is 225 g/mol. The Morgan fingerprint density at radius 2 is 2.19 bits per heavy atom. The molecule has 0 aliphatic carbocycles. The highest BCUT2D eigenvalue weighted by molar-refractivity contribution is 5.83. The first-order valence-corrected chi connectivity index (χ1v) is 5.00. The van der Waals surface area contributed by atoms with Gasteiger partial charge in [-0.25, -0.2) is 4.79 Å². The lowest BCUT2D eigenvalue weighted by molar-refractivity contribution is -0.143. The van der Waals surface area contributed by atoms with E-state index in [9.17, 15) is 9.59 Å². The second-order valence-electron chi connectivity index (χ2n) is 3.83. The number of hydrogen-bond donors (Lipinski definition) is 2. The first kappa shape index (κ1) is 12.2. The van der Waals surface area contributed by atoms with Crippen LogP contribution in [0.25, 0.3) is 0 Å². The van der Waals surface area contributed by atoms with Gasteiger partial charge in [0.25, 0.3) is 0 Å². The quantitative estimate of drug-likeness (QED) is 0.744. The summed E-state index contributed by atoms with van der Waals surface area (Å²) in [7, 11) is 0. The van der Waals surface area contributed by atoms with Gasteiger partial charge < -0.3 is 10.4 Å². The number of hydrogen-bond acceptors (Lipinski definition) is 3. The lowest BCUT2D eigenvalue weighted by Crippen LogP contribution is -2.45. The fraction of sp³-hybridized carbons (Fsp3) is 0.500. The van der Waals surface area contributed by atoms with E-state index in [-0.39, 0.29) is 18.4 Å². The van der Waals surface area contributed by atoms with Crippen LogP contribution in [-0.4, -0.2) is 32.8 Å². The summed E-state index contributed by atoms with van der Waals surface area (Å²) in [5.74, 6) is -1.53. The third-order valence-electron chi connectivity index (χ3n) is 2.11. The first-order valence-electron chi connectivity index (χ1n) is 5.00. The maximum Gasteiger partial charge on any atom is 0.326 e. The molecule has 6 nitrogen and oxygen atoms in total. The maximum atomic E-state index is 11.5. The number of aliphatic carboxylic acids is 1. The number of nitrogens with one attached hydrogen (secondary N) is 1. The highest BCUT2D eigenvalue weighted by Gasteiger charge is 2.23. The minimum Gasteiger partial charge on any atom is -0.480 e. The van der Waals surface area contributed by atoms with E-state index in [0.29, 0.717) is 0 Å². The van der Waals surface area contributed by atoms with E-state index in [2.05, 4.69) is 10.4 Å². The average molecular weight is 225 g/mol. The fourth-order valence-electron chi connectivity index (χ4n) is 1.27. The molecule has 0 saturated heterocycles. The Morgan fingerprint density at radius 3 is 2.62 bits per heavy atom. The van der Waals surface area contributed by atoms with Crippen molar-refractivity contribution in [2.45, 2.75) is 26.4 Å². The van der Waals surface area contributed by atoms with Gasteiger partial charge in [0.15, 0.2) is 0 Å². The molecule has 0 fully saturated rings. The van der Waals surface area contributed by atoms with Gasteiger partial charge in [0.05, 0.1) is 0 Å². The predicted octanol–water partition coefficient (Wildman–Crippen LogP) is 0.108. The third kappa shape index (κ3) is 3.38. The van der Waals surface area contributed by atoms with Gasteiger partial charge >= 0.3 is 5.97 Å². The number of rotatable bonds is 5. The molecular weight excluding hydrogens is 210 g/mol. The van der Waals surface area contributed by atoms with Gasteiger partial charge in [0.2, 0.25) is 5.91 Å². The Kier molecular flexibility index (Phi) is 4.04. The Balaban J connectivity index is 2.52. The van der Waals surface area contributed by atoms with Gasteiger partial charge in [0, 0.05) is 12.4 Å². The van der Waals surface area contributed by atoms with E-state index in [1.165, 1.54) is 4.68 Å². The SMILES string of the molecule is CC(C)[C@@H](NC(=O)Cn1cccn1)C(=O)O. The topological polar surface area (TPSA) is 84.2 Å². The van der Waals surface area contributed by atoms with E-state index in [4.69, 9.17) is 5.11 Å². The Hall–Kier alpha value is -1.85. The zero-order chi connectivity index (χ0) is 12.1. The number of carbonyl (C=O) groups excluding carboxylic acids is 1. The Bertz CT molecular complexity index is 359. The minimum absolute atomic E-state index is 0.0312. The zero-order valence-corrected chi connectivity index (χ0v) is 9.25. The van der Waals surface area contributed by atoms with Crippen molar-refractivity contribution in [2.75, 3.05) is 0 Å². The highest BCUT2D eigenvalue weighted by Crippen LogP contribution is 2.01. The van der Waals surface area contributed by atoms with Crippen LogP contribution >= 0.6 is 0 Å². The molecule has 0 aromatic carbocycles. The highest BCUT2D eigenvalue weighted by atomic mass is 16.4. The lowest BCUT2D eigenvalue weighted by atomic mass is 10.1. The third-order valence-corrected chi connectivity index (χ3v) is 2.11. The van der Waals surface area contributed by atoms with E-state index >= 15 is 0 Å². The molecule has 1 aromatic heterocycles. The van der Waals surface area contributed by atoms with Gasteiger partial charge in [-0.05, 0) is 12.0 Å². The summed E-state index contributed by atoms with van der Waals surface area (Å²) in [6, 6.07) is 0.841. The number of amides is 1. The van der Waals surface area contributed by atoms with Gasteiger partial charge in [-0.3, -0.25) is 9.48 Å². The predicted molar refractivity (Wildman–Crippen MR) is 56.6 cm³/mol. The van der Waals surface area contributed by atoms with Crippen LogP contribution in [0, 0.1) is 5.92 Å². The van der Waals surface area contributed by atoms with Crippen molar-refractivity contribution in [3.63, 3.8) is 0 Å². The molecule has 1 atom stereocenters. The summed E-state index contributed by atoms with van der Waals surface area (Å²) in [5.41, 5.74) is 0. The molecule has 1 amide bonds. The van der Waals surface area contributed by atoms with Crippen LogP contribution in [-0.2, 0) is 16.1 Å². The second kappa shape index (κ2) is 5.29. The van der Waals surface area contributed by atoms with Crippen LogP contribution in [0.1, 0.15) is 13.8 Å². The summed E-state index contributed by atoms with van der Waals surface area (Å²) in [5, 5.41) is 15.2. The Labute approximate surface area is 93.3 Å². The van der Waals surface area contributed by atoms with Crippen LogP contribution < -0.4 is 5.32 Å². The minimum atomic E-state index is -1.02. The van der Waals surface area contributed by atoms with Gasteiger partial charge in [-0.15, -0.1) is 0 Å². The fourth-order valence-corrected chi connectivity index (χ4v) is 1.27. The number of carbonyl (C=O) groups is 2. The Morgan fingerprint density at radius 1 is 1.50 bits per heavy atom. The van der Waals surface area contributed by atoms with Crippen molar-refractivity contribution in [3.05, 3.63) is 18.5 Å². The van der Waals surface area contributed by atoms with E-state index < -0.39 is 12.0 Å². The smallest absolute Gasteiger partial charge is 0.326 e. The van der Waals surface area contributed by atoms with Crippen LogP contribution in [0.5, 0.6) is 0 Å². The molecule has 88 valence electrons. The molecule has 1 rings (SSSR count). The normalized spacial score (nSPS) is 12.4. The number of carboxylic acid groups (broad SMARTS) is 1. The molecule has 16 heavy (non-hydrogen) atoms. The number of carboxylic acids is 1. The second-order valence-corrected chi connectivity index (χ2v) is 3.83. The summed E-state index contributed by atoms with van der Waals surface area (Å²) in [4.78, 5) is 22.3. The number of aromatic nitrogens is 2. The molecule has 0 unspecified atom stereocenters. The molecule has 0 spiro atoms. The largest absolute Gasteiger partial charge is 0.480 e. The molecule has 1 heterocycles. The molecular formula is C10H15N3O3. The summed E-state index contributed by atoms with van der Waals surface area (Å²) < 4.78 is 1.44. The van der Waals surface area contributed by atoms with E-state index in [1.54, 1.807) is 32.3 Å². The van der Waals surface area contributed by atoms with E-state index in [1.807, 2.05) is 0 Å². The van der Waals surface area contributed by atoms with Gasteiger partial charge in [0.1, 0.15) is 12.6 Å². The molecule has 1 aromatic rings. The standard InChI is InChI=1S/C10H15N3O3/c1-7(2)9(10(15)16)12-8(14)6-13-5-3-4-11-13/h3-5,7,9H,6H2,1-2H3,(H,12,14)(H,15,16)/t9-/m1/s1. The number of nitrogens with zero attached hydrogens (tertiary/aromatic N) is 2. The van der Waals surface area contributed by atoms with Gasteiger partial charge in [-0.1, -0.05) is 13.8 Å². The molecule has 0 bridgehead atoms. The summed E-state index contributed by atoms with van der Waals surface area (Å²) in [6.45, 7) is 3.52. The summed E-state index contributed by atoms with van der Waals surface area (Å²) in [6.07, 6.45) is 3.20. The lowest BCUT2D eigenvalue weighted by Gasteiger charge is -2.17. The van der Waals surface area contributed by atoms with Crippen LogP contribution in [0.2, 0.25) is 0 Å². The van der Waals surface area contributed by atoms with Crippen LogP contribution in [0.4, 0.5) is 0 Å². The molecule has 0 saturated carbocycles. The first-order chi connectivity index (χ1) is 7.50. The average Bonchev–Trinajstić information content (AvgIpc) is 2.65. The van der Waals surface area contributed by atoms with Crippen molar-refractivity contribution >= 4 is 11.9 Å². The zero-order valence-electron chi connectivity index (χ0n) is 9.25. The molecule has 6 heteroatoms. The van der Waals surface area contributed by atoms with Crippen molar-refractivity contribution in [1.29, 1.82) is 0 Å². The van der Waals surface area contributed by atoms with E-state index in [0.717, 1.165) is 0 Å². The van der Waals surface area contributed by atoms with Crippen molar-refractivity contribution < 1.29 is 14.7 Å². The van der Waals surface area contributed by atoms with Crippen LogP contribution in [0.3, 0.4) is 0 Å². The van der Waals surface area contributed by atoms with Crippen molar-refractivity contribution in [3.8, 4) is 0 Å². The maximum absolute atomic E-state index is 11.5. The van der Waals surface area contributed by atoms with Gasteiger partial charge in [-0.2, -0.15) is 5.10 Å². The summed E-state index contributed by atoms with van der Waals surface area (Å²) >= 11 is 0. The molecule has 2 N–H and O–H groups in total. The molecule has 0 aliphatic heterocycles. The van der Waals surface area contributed by atoms with Crippen LogP contribution in [0.15, 0.2) is 18.5 Å². The molecule has 0 aliphatic rings.